The summed E-state index contributed by atoms with van der Waals surface area (Å²) >= 11 is 0.922. The van der Waals surface area contributed by atoms with Crippen molar-refractivity contribution in [2.45, 2.75) is 26.2 Å². The first-order chi connectivity index (χ1) is 14.1. The van der Waals surface area contributed by atoms with Gasteiger partial charge in [-0.1, -0.05) is 9.64 Å². The van der Waals surface area contributed by atoms with Crippen LogP contribution in [0.4, 0.5) is 5.00 Å². The predicted octanol–water partition coefficient (Wildman–Crippen LogP) is 2.73. The van der Waals surface area contributed by atoms with Crippen molar-refractivity contribution in [2.75, 3.05) is 19.0 Å². The van der Waals surface area contributed by atoms with Gasteiger partial charge in [0.05, 0.1) is 13.7 Å². The van der Waals surface area contributed by atoms with Crippen molar-refractivity contribution < 1.29 is 23.6 Å². The Morgan fingerprint density at radius 3 is 2.76 bits per heavy atom. The number of aromatic nitrogens is 4. The Morgan fingerprint density at radius 1 is 1.24 bits per heavy atom. The summed E-state index contributed by atoms with van der Waals surface area (Å²) in [5.41, 5.74) is 0.814. The Bertz CT molecular complexity index is 969. The maximum absolute atomic E-state index is 12.1. The fraction of sp³-hybridized carbons (Fsp3) is 0.333. The zero-order valence-electron chi connectivity index (χ0n) is 15.9. The highest BCUT2D eigenvalue weighted by Gasteiger charge is 2.19. The molecule has 1 N–H and O–H groups in total. The van der Waals surface area contributed by atoms with Gasteiger partial charge in [-0.25, -0.2) is 4.79 Å². The van der Waals surface area contributed by atoms with Crippen LogP contribution in [0.1, 0.15) is 36.1 Å². The van der Waals surface area contributed by atoms with Crippen LogP contribution >= 0.6 is 11.5 Å². The van der Waals surface area contributed by atoms with Crippen LogP contribution in [0.3, 0.4) is 0 Å². The monoisotopic (exact) mass is 417 g/mol. The van der Waals surface area contributed by atoms with Gasteiger partial charge in [-0.2, -0.15) is 4.98 Å². The van der Waals surface area contributed by atoms with Crippen LogP contribution in [0.2, 0.25) is 0 Å². The van der Waals surface area contributed by atoms with Crippen molar-refractivity contribution >= 4 is 28.4 Å². The van der Waals surface area contributed by atoms with Crippen molar-refractivity contribution in [2.24, 2.45) is 0 Å². The minimum Gasteiger partial charge on any atom is -0.497 e. The van der Waals surface area contributed by atoms with Gasteiger partial charge in [0.2, 0.25) is 23.3 Å². The minimum atomic E-state index is -0.617. The number of rotatable bonds is 9. The highest BCUT2D eigenvalue weighted by Crippen LogP contribution is 2.21. The standard InChI is InChI=1S/C18H19N5O5S/c1-3-27-18(25)15-17(29-23-21-15)19-13(24)5-4-6-14-20-16(22-28-14)11-7-9-12(26-2)10-8-11/h7-10H,3-6H2,1-2H3,(H,19,24). The molecule has 29 heavy (non-hydrogen) atoms. The summed E-state index contributed by atoms with van der Waals surface area (Å²) in [6.07, 6.45) is 1.15. The van der Waals surface area contributed by atoms with Crippen LogP contribution in [-0.4, -0.2) is 45.3 Å². The molecule has 0 fully saturated rings. The van der Waals surface area contributed by atoms with Crippen LogP contribution in [0.5, 0.6) is 5.75 Å². The summed E-state index contributed by atoms with van der Waals surface area (Å²) in [5, 5.41) is 10.6. The van der Waals surface area contributed by atoms with Gasteiger partial charge in [-0.15, -0.1) is 5.10 Å². The molecule has 2 heterocycles. The normalized spacial score (nSPS) is 10.6. The molecule has 0 aliphatic heterocycles. The highest BCUT2D eigenvalue weighted by atomic mass is 32.1. The van der Waals surface area contributed by atoms with E-state index in [9.17, 15) is 9.59 Å². The van der Waals surface area contributed by atoms with Crippen molar-refractivity contribution in [3.8, 4) is 17.1 Å². The van der Waals surface area contributed by atoms with Crippen LogP contribution in [0.15, 0.2) is 28.8 Å². The molecule has 10 nitrogen and oxygen atoms in total. The molecule has 0 saturated heterocycles. The summed E-state index contributed by atoms with van der Waals surface area (Å²) in [6, 6.07) is 7.30. The van der Waals surface area contributed by atoms with Gasteiger partial charge in [-0.3, -0.25) is 4.79 Å². The summed E-state index contributed by atoms with van der Waals surface area (Å²) in [7, 11) is 1.60. The number of esters is 1. The van der Waals surface area contributed by atoms with Crippen molar-refractivity contribution in [3.05, 3.63) is 35.9 Å². The van der Waals surface area contributed by atoms with Gasteiger partial charge in [-0.05, 0) is 37.6 Å². The van der Waals surface area contributed by atoms with E-state index < -0.39 is 5.97 Å². The van der Waals surface area contributed by atoms with Crippen LogP contribution < -0.4 is 10.1 Å². The number of anilines is 1. The van der Waals surface area contributed by atoms with Gasteiger partial charge in [0, 0.05) is 29.9 Å². The number of carbonyl (C=O) groups excluding carboxylic acids is 2. The minimum absolute atomic E-state index is 0.00577. The maximum atomic E-state index is 12.1. The molecule has 3 rings (SSSR count). The number of nitrogens with zero attached hydrogens (tertiary/aromatic N) is 4. The first-order valence-corrected chi connectivity index (χ1v) is 9.64. The molecule has 152 valence electrons. The predicted molar refractivity (Wildman–Crippen MR) is 104 cm³/mol. The van der Waals surface area contributed by atoms with Gasteiger partial charge >= 0.3 is 5.97 Å². The summed E-state index contributed by atoms with van der Waals surface area (Å²) in [5.74, 6) is 0.771. The average molecular weight is 417 g/mol. The molecule has 0 radical (unpaired) electrons. The average Bonchev–Trinajstić information content (AvgIpc) is 3.38. The lowest BCUT2D eigenvalue weighted by Crippen LogP contribution is -2.14. The van der Waals surface area contributed by atoms with Crippen molar-refractivity contribution in [1.82, 2.24) is 19.7 Å². The van der Waals surface area contributed by atoms with E-state index in [-0.39, 0.29) is 29.6 Å². The third kappa shape index (κ3) is 5.35. The molecule has 0 unspecified atom stereocenters. The van der Waals surface area contributed by atoms with Crippen LogP contribution in [-0.2, 0) is 16.0 Å². The molecule has 0 atom stereocenters. The molecule has 1 amide bonds. The number of amides is 1. The molecule has 2 aromatic heterocycles. The van der Waals surface area contributed by atoms with Gasteiger partial charge in [0.1, 0.15) is 5.75 Å². The molecular weight excluding hydrogens is 398 g/mol. The van der Waals surface area contributed by atoms with E-state index in [0.717, 1.165) is 22.8 Å². The Balaban J connectivity index is 1.49. The second-order valence-corrected chi connectivity index (χ2v) is 6.57. The zero-order valence-corrected chi connectivity index (χ0v) is 16.7. The van der Waals surface area contributed by atoms with Crippen LogP contribution in [0, 0.1) is 0 Å². The van der Waals surface area contributed by atoms with E-state index in [1.54, 1.807) is 14.0 Å². The summed E-state index contributed by atoms with van der Waals surface area (Å²) < 4.78 is 18.9. The molecule has 0 spiro atoms. The third-order valence-corrected chi connectivity index (χ3v) is 4.46. The Labute approximate surface area is 170 Å². The van der Waals surface area contributed by atoms with E-state index in [1.807, 2.05) is 24.3 Å². The number of nitrogens with one attached hydrogen (secondary N) is 1. The van der Waals surface area contributed by atoms with Crippen molar-refractivity contribution in [3.63, 3.8) is 0 Å². The summed E-state index contributed by atoms with van der Waals surface area (Å²) in [6.45, 7) is 1.90. The topological polar surface area (TPSA) is 129 Å². The highest BCUT2D eigenvalue weighted by molar-refractivity contribution is 7.10. The van der Waals surface area contributed by atoms with E-state index in [2.05, 4.69) is 25.0 Å². The number of aryl methyl sites for hydroxylation is 1. The largest absolute Gasteiger partial charge is 0.497 e. The van der Waals surface area contributed by atoms with Gasteiger partial charge in [0.15, 0.2) is 5.00 Å². The quantitative estimate of drug-likeness (QED) is 0.522. The fourth-order valence-electron chi connectivity index (χ4n) is 2.41. The zero-order chi connectivity index (χ0) is 20.6. The number of methoxy groups -OCH3 is 1. The molecule has 11 heteroatoms. The SMILES string of the molecule is CCOC(=O)c1nnsc1NC(=O)CCCc1nc(-c2ccc(OC)cc2)no1. The second-order valence-electron chi connectivity index (χ2n) is 5.81. The molecule has 1 aromatic carbocycles. The molecule has 0 aliphatic carbocycles. The first-order valence-electron chi connectivity index (χ1n) is 8.87. The van der Waals surface area contributed by atoms with Gasteiger partial charge < -0.3 is 19.3 Å². The van der Waals surface area contributed by atoms with E-state index in [1.165, 1.54) is 0 Å². The number of benzene rings is 1. The smallest absolute Gasteiger partial charge is 0.362 e. The molecule has 0 bridgehead atoms. The Morgan fingerprint density at radius 2 is 2.03 bits per heavy atom. The van der Waals surface area contributed by atoms with E-state index in [4.69, 9.17) is 14.0 Å². The van der Waals surface area contributed by atoms with Crippen LogP contribution in [0.25, 0.3) is 11.4 Å². The van der Waals surface area contributed by atoms with E-state index >= 15 is 0 Å². The number of ether oxygens (including phenoxy) is 2. The first kappa shape index (κ1) is 20.4. The number of hydrogen-bond acceptors (Lipinski definition) is 10. The Kier molecular flexibility index (Phi) is 6.85. The van der Waals surface area contributed by atoms with Gasteiger partial charge in [0.25, 0.3) is 0 Å². The molecule has 3 aromatic rings. The molecule has 0 aliphatic rings. The third-order valence-electron chi connectivity index (χ3n) is 3.82. The second kappa shape index (κ2) is 9.73. The fourth-order valence-corrected chi connectivity index (χ4v) is 2.98. The summed E-state index contributed by atoms with van der Waals surface area (Å²) in [4.78, 5) is 28.2. The molecular formula is C18H19N5O5S. The van der Waals surface area contributed by atoms with Crippen molar-refractivity contribution in [1.29, 1.82) is 0 Å². The Hall–Kier alpha value is -3.34. The number of carbonyl (C=O) groups is 2. The maximum Gasteiger partial charge on any atom is 0.362 e. The lowest BCUT2D eigenvalue weighted by Gasteiger charge is -2.03. The lowest BCUT2D eigenvalue weighted by molar-refractivity contribution is -0.116. The number of hydrogen-bond donors (Lipinski definition) is 1. The van der Waals surface area contributed by atoms with E-state index in [0.29, 0.717) is 24.6 Å². The molecule has 0 saturated carbocycles. The lowest BCUT2D eigenvalue weighted by atomic mass is 10.2.